The molecule has 6 heteroatoms. The maximum absolute atomic E-state index is 13.0. The van der Waals surface area contributed by atoms with Crippen molar-refractivity contribution in [2.24, 2.45) is 5.92 Å². The highest BCUT2D eigenvalue weighted by Gasteiger charge is 2.21. The first kappa shape index (κ1) is 21.2. The van der Waals surface area contributed by atoms with Crippen LogP contribution in [0.1, 0.15) is 40.2 Å². The van der Waals surface area contributed by atoms with E-state index in [0.29, 0.717) is 18.0 Å². The number of likely N-dealkylation sites (tertiary alicyclic amines) is 1. The largest absolute Gasteiger partial charge is 0.352 e. The average molecular weight is 421 g/mol. The van der Waals surface area contributed by atoms with E-state index < -0.39 is 0 Å². The van der Waals surface area contributed by atoms with Crippen molar-refractivity contribution in [3.63, 3.8) is 0 Å². The summed E-state index contributed by atoms with van der Waals surface area (Å²) >= 11 is 0. The van der Waals surface area contributed by atoms with Gasteiger partial charge in [-0.25, -0.2) is 9.07 Å². The Morgan fingerprint density at radius 2 is 1.97 bits per heavy atom. The van der Waals surface area contributed by atoms with Crippen molar-refractivity contribution in [2.75, 3.05) is 19.6 Å². The van der Waals surface area contributed by atoms with Crippen LogP contribution in [0, 0.1) is 25.6 Å². The molecule has 2 aromatic carbocycles. The molecule has 2 heterocycles. The second kappa shape index (κ2) is 9.43. The summed E-state index contributed by atoms with van der Waals surface area (Å²) in [6.07, 6.45) is 2.22. The van der Waals surface area contributed by atoms with Gasteiger partial charge in [0.1, 0.15) is 5.82 Å². The lowest BCUT2D eigenvalue weighted by Gasteiger charge is -2.33. The van der Waals surface area contributed by atoms with Crippen LogP contribution in [0.2, 0.25) is 0 Å². The molecule has 5 nitrogen and oxygen atoms in total. The fourth-order valence-corrected chi connectivity index (χ4v) is 4.34. The molecular formula is C25H29FN4O. The maximum atomic E-state index is 13.0. The number of carbonyl (C=O) groups excluding carboxylic acids is 1. The first-order valence-corrected chi connectivity index (χ1v) is 10.9. The van der Waals surface area contributed by atoms with Crippen molar-refractivity contribution in [1.29, 1.82) is 0 Å². The zero-order valence-corrected chi connectivity index (χ0v) is 18.1. The number of aryl methyl sites for hydroxylation is 2. The molecular weight excluding hydrogens is 391 g/mol. The lowest BCUT2D eigenvalue weighted by Crippen LogP contribution is -2.40. The first-order chi connectivity index (χ1) is 15.0. The second-order valence-corrected chi connectivity index (χ2v) is 8.47. The van der Waals surface area contributed by atoms with E-state index in [4.69, 9.17) is 0 Å². The van der Waals surface area contributed by atoms with Gasteiger partial charge >= 0.3 is 0 Å². The van der Waals surface area contributed by atoms with Crippen LogP contribution in [0.15, 0.2) is 54.6 Å². The predicted molar refractivity (Wildman–Crippen MR) is 120 cm³/mol. The summed E-state index contributed by atoms with van der Waals surface area (Å²) in [4.78, 5) is 14.8. The number of amides is 1. The highest BCUT2D eigenvalue weighted by molar-refractivity contribution is 5.94. The molecule has 1 fully saturated rings. The molecule has 1 atom stereocenters. The molecule has 4 rings (SSSR count). The van der Waals surface area contributed by atoms with Crippen molar-refractivity contribution in [3.8, 4) is 5.69 Å². The van der Waals surface area contributed by atoms with E-state index in [2.05, 4.69) is 52.6 Å². The summed E-state index contributed by atoms with van der Waals surface area (Å²) in [6.45, 7) is 7.62. The third kappa shape index (κ3) is 5.39. The Balaban J connectivity index is 1.34. The highest BCUT2D eigenvalue weighted by atomic mass is 19.1. The van der Waals surface area contributed by atoms with Crippen LogP contribution >= 0.6 is 0 Å². The molecule has 1 amide bonds. The van der Waals surface area contributed by atoms with Crippen molar-refractivity contribution < 1.29 is 9.18 Å². The Morgan fingerprint density at radius 3 is 2.71 bits per heavy atom. The highest BCUT2D eigenvalue weighted by Crippen LogP contribution is 2.20. The standard InChI is InChI=1S/C25H29FN4O/c1-18-13-19(2)30(28-18)24-7-3-5-20(14-24)16-29-12-4-6-21(17-29)15-27-25(31)22-8-10-23(26)11-9-22/h3,5,7-11,13-14,21H,4,6,12,15-17H2,1-2H3,(H,27,31)/t21-/m1/s1. The van der Waals surface area contributed by atoms with Gasteiger partial charge in [0.25, 0.3) is 5.91 Å². The molecule has 162 valence electrons. The van der Waals surface area contributed by atoms with Gasteiger partial charge in [-0.05, 0) is 87.2 Å². The number of aromatic nitrogens is 2. The van der Waals surface area contributed by atoms with E-state index in [1.165, 1.54) is 29.8 Å². The fraction of sp³-hybridized carbons (Fsp3) is 0.360. The molecule has 1 aliphatic rings. The molecule has 0 unspecified atom stereocenters. The van der Waals surface area contributed by atoms with E-state index in [0.717, 1.165) is 49.6 Å². The van der Waals surface area contributed by atoms with Crippen LogP contribution in [-0.4, -0.2) is 40.2 Å². The molecule has 0 saturated carbocycles. The molecule has 0 spiro atoms. The number of hydrogen-bond donors (Lipinski definition) is 1. The molecule has 0 radical (unpaired) electrons. The summed E-state index contributed by atoms with van der Waals surface area (Å²) < 4.78 is 15.0. The fourth-order valence-electron chi connectivity index (χ4n) is 4.34. The smallest absolute Gasteiger partial charge is 0.251 e. The van der Waals surface area contributed by atoms with Gasteiger partial charge in [0.15, 0.2) is 0 Å². The molecule has 31 heavy (non-hydrogen) atoms. The number of halogens is 1. The Bertz CT molecular complexity index is 1040. The minimum Gasteiger partial charge on any atom is -0.352 e. The van der Waals surface area contributed by atoms with Crippen molar-refractivity contribution in [2.45, 2.75) is 33.2 Å². The zero-order chi connectivity index (χ0) is 21.8. The number of rotatable bonds is 6. The Hall–Kier alpha value is -2.99. The van der Waals surface area contributed by atoms with Crippen LogP contribution in [-0.2, 0) is 6.54 Å². The van der Waals surface area contributed by atoms with Gasteiger partial charge in [0.05, 0.1) is 11.4 Å². The van der Waals surface area contributed by atoms with E-state index >= 15 is 0 Å². The number of piperidine rings is 1. The molecule has 0 bridgehead atoms. The van der Waals surface area contributed by atoms with Crippen LogP contribution in [0.3, 0.4) is 0 Å². The molecule has 3 aromatic rings. The normalized spacial score (nSPS) is 16.9. The third-order valence-electron chi connectivity index (χ3n) is 5.83. The van der Waals surface area contributed by atoms with E-state index in [-0.39, 0.29) is 11.7 Å². The molecule has 1 aromatic heterocycles. The quantitative estimate of drug-likeness (QED) is 0.648. The van der Waals surface area contributed by atoms with Crippen molar-refractivity contribution in [1.82, 2.24) is 20.0 Å². The molecule has 1 saturated heterocycles. The van der Waals surface area contributed by atoms with Crippen LogP contribution < -0.4 is 5.32 Å². The summed E-state index contributed by atoms with van der Waals surface area (Å²) in [5, 5.41) is 7.61. The minimum atomic E-state index is -0.332. The van der Waals surface area contributed by atoms with Crippen LogP contribution in [0.4, 0.5) is 4.39 Å². The number of benzene rings is 2. The van der Waals surface area contributed by atoms with Gasteiger partial charge in [-0.3, -0.25) is 9.69 Å². The van der Waals surface area contributed by atoms with E-state index in [1.54, 1.807) is 0 Å². The summed E-state index contributed by atoms with van der Waals surface area (Å²) in [6, 6.07) is 16.3. The SMILES string of the molecule is Cc1cc(C)n(-c2cccc(CN3CCC[C@H](CNC(=O)c4ccc(F)cc4)C3)c2)n1. The van der Waals surface area contributed by atoms with Crippen molar-refractivity contribution in [3.05, 3.63) is 82.9 Å². The number of nitrogens with one attached hydrogen (secondary N) is 1. The first-order valence-electron chi connectivity index (χ1n) is 10.9. The number of nitrogens with zero attached hydrogens (tertiary/aromatic N) is 3. The van der Waals surface area contributed by atoms with Crippen LogP contribution in [0.5, 0.6) is 0 Å². The maximum Gasteiger partial charge on any atom is 0.251 e. The lowest BCUT2D eigenvalue weighted by molar-refractivity contribution is 0.0930. The predicted octanol–water partition coefficient (Wildman–Crippen LogP) is 4.27. The summed E-state index contributed by atoms with van der Waals surface area (Å²) in [5.74, 6) is -0.0616. The van der Waals surface area contributed by atoms with Gasteiger partial charge in [-0.1, -0.05) is 12.1 Å². The van der Waals surface area contributed by atoms with E-state index in [1.807, 2.05) is 11.6 Å². The minimum absolute atomic E-state index is 0.144. The Morgan fingerprint density at radius 1 is 1.16 bits per heavy atom. The summed E-state index contributed by atoms with van der Waals surface area (Å²) in [5.41, 5.74) is 4.99. The topological polar surface area (TPSA) is 50.2 Å². The lowest BCUT2D eigenvalue weighted by atomic mass is 9.97. The Kier molecular flexibility index (Phi) is 6.47. The van der Waals surface area contributed by atoms with Crippen LogP contribution in [0.25, 0.3) is 5.69 Å². The van der Waals surface area contributed by atoms with E-state index in [9.17, 15) is 9.18 Å². The van der Waals surface area contributed by atoms with Gasteiger partial charge in [-0.2, -0.15) is 5.10 Å². The zero-order valence-electron chi connectivity index (χ0n) is 18.1. The number of hydrogen-bond acceptors (Lipinski definition) is 3. The van der Waals surface area contributed by atoms with Crippen molar-refractivity contribution >= 4 is 5.91 Å². The Labute approximate surface area is 182 Å². The monoisotopic (exact) mass is 420 g/mol. The van der Waals surface area contributed by atoms with Gasteiger partial charge in [0, 0.05) is 30.9 Å². The number of carbonyl (C=O) groups is 1. The average Bonchev–Trinajstić information content (AvgIpc) is 3.11. The van der Waals surface area contributed by atoms with Gasteiger partial charge in [0.2, 0.25) is 0 Å². The molecule has 1 N–H and O–H groups in total. The molecule has 0 aliphatic carbocycles. The van der Waals surface area contributed by atoms with Gasteiger partial charge in [-0.15, -0.1) is 0 Å². The second-order valence-electron chi connectivity index (χ2n) is 8.47. The summed E-state index contributed by atoms with van der Waals surface area (Å²) in [7, 11) is 0. The van der Waals surface area contributed by atoms with Gasteiger partial charge < -0.3 is 5.32 Å². The molecule has 1 aliphatic heterocycles. The third-order valence-corrected chi connectivity index (χ3v) is 5.83.